The standard InChI is InChI=1S/C39H25F5N4/c1-19-3-7-21(8-4-19)31-25-13-11-23(45-25)24-12-14-26(46-24)32(22-9-5-20(2)6-10-22)28-16-18-30(48-28)33(29-17-15-27(31)47-29)34-35(40)37(42)39(44)38(43)36(34)41/h3-18,45,47-48H,1-2H3. The van der Waals surface area contributed by atoms with E-state index in [1.54, 1.807) is 24.3 Å². The van der Waals surface area contributed by atoms with Gasteiger partial charge in [0.05, 0.1) is 22.5 Å². The molecule has 0 saturated heterocycles. The Morgan fingerprint density at radius 2 is 0.750 bits per heavy atom. The van der Waals surface area contributed by atoms with Crippen LogP contribution in [0.4, 0.5) is 22.0 Å². The maximum Gasteiger partial charge on any atom is 0.200 e. The Hall–Kier alpha value is -5.96. The SMILES string of the molecule is Cc1ccc(-c2c3nc(c4ccc([nH]4)c(-c4ccc(C)cc4)c4ccc([nH]4)c(-c4c(F)c(F)c(F)c(F)c4F)c4ccc2[nH]4)C=C3)cc1. The number of benzene rings is 3. The van der Waals surface area contributed by atoms with Crippen LogP contribution >= 0.6 is 0 Å². The van der Waals surface area contributed by atoms with Gasteiger partial charge in [-0.05, 0) is 73.5 Å². The smallest absolute Gasteiger partial charge is 0.200 e. The van der Waals surface area contributed by atoms with E-state index in [1.807, 2.05) is 86.7 Å². The molecule has 0 unspecified atom stereocenters. The molecule has 3 aromatic carbocycles. The molecular formula is C39H25F5N4. The van der Waals surface area contributed by atoms with E-state index in [0.717, 1.165) is 38.9 Å². The van der Waals surface area contributed by atoms with Gasteiger partial charge in [-0.2, -0.15) is 0 Å². The molecule has 7 aromatic rings. The second-order valence-corrected chi connectivity index (χ2v) is 11.9. The monoisotopic (exact) mass is 644 g/mol. The number of rotatable bonds is 3. The molecule has 8 bridgehead atoms. The van der Waals surface area contributed by atoms with Crippen LogP contribution in [0.25, 0.3) is 78.6 Å². The molecule has 0 aliphatic carbocycles. The highest BCUT2D eigenvalue weighted by molar-refractivity contribution is 6.00. The maximum absolute atomic E-state index is 15.6. The van der Waals surface area contributed by atoms with E-state index in [-0.39, 0.29) is 16.6 Å². The van der Waals surface area contributed by atoms with Crippen molar-refractivity contribution in [3.05, 3.63) is 137 Å². The number of aryl methyl sites for hydroxylation is 2. The zero-order valence-electron chi connectivity index (χ0n) is 25.6. The Bertz CT molecular complexity index is 2540. The molecule has 0 radical (unpaired) electrons. The molecule has 9 heteroatoms. The lowest BCUT2D eigenvalue weighted by Crippen LogP contribution is -2.04. The number of nitrogens with zero attached hydrogens (tertiary/aromatic N) is 1. The summed E-state index contributed by atoms with van der Waals surface area (Å²) in [5, 5.41) is 0. The molecule has 0 atom stereocenters. The van der Waals surface area contributed by atoms with Crippen LogP contribution in [0.2, 0.25) is 0 Å². The minimum atomic E-state index is -2.23. The van der Waals surface area contributed by atoms with E-state index in [4.69, 9.17) is 4.98 Å². The maximum atomic E-state index is 15.6. The van der Waals surface area contributed by atoms with Gasteiger partial charge in [0.25, 0.3) is 0 Å². The second-order valence-electron chi connectivity index (χ2n) is 11.9. The fourth-order valence-electron chi connectivity index (χ4n) is 6.29. The molecule has 1 aliphatic rings. The number of fused-ring (bicyclic) bond motifs is 9. The third-order valence-electron chi connectivity index (χ3n) is 8.72. The molecule has 48 heavy (non-hydrogen) atoms. The van der Waals surface area contributed by atoms with Gasteiger partial charge in [0, 0.05) is 44.3 Å². The zero-order valence-corrected chi connectivity index (χ0v) is 25.6. The zero-order chi connectivity index (χ0) is 33.3. The van der Waals surface area contributed by atoms with Crippen LogP contribution in [0.3, 0.4) is 0 Å². The van der Waals surface area contributed by atoms with Crippen molar-refractivity contribution in [2.24, 2.45) is 0 Å². The number of hydrogen-bond acceptors (Lipinski definition) is 1. The molecular weight excluding hydrogens is 619 g/mol. The first kappa shape index (κ1) is 29.4. The average Bonchev–Trinajstić information content (AvgIpc) is 3.92. The Labute approximate surface area is 270 Å². The number of hydrogen-bond donors (Lipinski definition) is 3. The lowest BCUT2D eigenvalue weighted by atomic mass is 10.0. The van der Waals surface area contributed by atoms with Gasteiger partial charge in [-0.15, -0.1) is 0 Å². The highest BCUT2D eigenvalue weighted by Crippen LogP contribution is 2.39. The summed E-state index contributed by atoms with van der Waals surface area (Å²) >= 11 is 0. The number of aromatic nitrogens is 4. The van der Waals surface area contributed by atoms with Crippen LogP contribution in [-0.2, 0) is 0 Å². The van der Waals surface area contributed by atoms with E-state index in [0.29, 0.717) is 28.0 Å². The first-order valence-electron chi connectivity index (χ1n) is 15.2. The third kappa shape index (κ3) is 4.69. The highest BCUT2D eigenvalue weighted by Gasteiger charge is 2.28. The van der Waals surface area contributed by atoms with Crippen molar-refractivity contribution in [3.8, 4) is 33.4 Å². The Morgan fingerprint density at radius 3 is 1.27 bits per heavy atom. The van der Waals surface area contributed by atoms with Crippen LogP contribution in [-0.4, -0.2) is 19.9 Å². The van der Waals surface area contributed by atoms with E-state index in [9.17, 15) is 13.2 Å². The van der Waals surface area contributed by atoms with Crippen molar-refractivity contribution < 1.29 is 22.0 Å². The third-order valence-corrected chi connectivity index (χ3v) is 8.72. The molecule has 0 fully saturated rings. The summed E-state index contributed by atoms with van der Waals surface area (Å²) in [6.07, 6.45) is 3.78. The van der Waals surface area contributed by atoms with Gasteiger partial charge >= 0.3 is 0 Å². The first-order valence-corrected chi connectivity index (χ1v) is 15.2. The summed E-state index contributed by atoms with van der Waals surface area (Å²) in [5.41, 5.74) is 8.03. The van der Waals surface area contributed by atoms with Crippen molar-refractivity contribution in [1.29, 1.82) is 0 Å². The van der Waals surface area contributed by atoms with Gasteiger partial charge in [-0.3, -0.25) is 0 Å². The topological polar surface area (TPSA) is 60.3 Å². The van der Waals surface area contributed by atoms with Gasteiger partial charge < -0.3 is 15.0 Å². The molecule has 0 spiro atoms. The molecule has 0 saturated carbocycles. The van der Waals surface area contributed by atoms with Crippen LogP contribution in [0, 0.1) is 42.9 Å². The normalized spacial score (nSPS) is 12.0. The van der Waals surface area contributed by atoms with Crippen LogP contribution < -0.4 is 0 Å². The molecule has 4 nitrogen and oxygen atoms in total. The minimum absolute atomic E-state index is 0.131. The molecule has 0 amide bonds. The fraction of sp³-hybridized carbons (Fsp3) is 0.0513. The lowest BCUT2D eigenvalue weighted by Gasteiger charge is -2.09. The number of halogens is 5. The van der Waals surface area contributed by atoms with E-state index < -0.39 is 34.6 Å². The Kier molecular flexibility index (Phi) is 6.80. The van der Waals surface area contributed by atoms with Crippen LogP contribution in [0.15, 0.2) is 84.9 Å². The molecule has 8 rings (SSSR count). The predicted molar refractivity (Wildman–Crippen MR) is 181 cm³/mol. The lowest BCUT2D eigenvalue weighted by molar-refractivity contribution is 0.381. The van der Waals surface area contributed by atoms with Gasteiger partial charge in [0.1, 0.15) is 0 Å². The minimum Gasteiger partial charge on any atom is -0.354 e. The van der Waals surface area contributed by atoms with E-state index in [2.05, 4.69) is 15.0 Å². The second kappa shape index (κ2) is 11.1. The van der Waals surface area contributed by atoms with E-state index in [1.165, 1.54) is 0 Å². The van der Waals surface area contributed by atoms with Crippen molar-refractivity contribution in [1.82, 2.24) is 19.9 Å². The summed E-state index contributed by atoms with van der Waals surface area (Å²) in [6.45, 7) is 3.94. The predicted octanol–water partition coefficient (Wildman–Crippen LogP) is 11.0. The number of aromatic amines is 3. The molecule has 5 heterocycles. The molecule has 3 N–H and O–H groups in total. The highest BCUT2D eigenvalue weighted by atomic mass is 19.2. The fourth-order valence-corrected chi connectivity index (χ4v) is 6.29. The summed E-state index contributed by atoms with van der Waals surface area (Å²) < 4.78 is 75.0. The summed E-state index contributed by atoms with van der Waals surface area (Å²) in [6, 6.07) is 26.0. The van der Waals surface area contributed by atoms with Gasteiger partial charge in [0.2, 0.25) is 5.82 Å². The number of H-pyrrole nitrogens is 3. The van der Waals surface area contributed by atoms with Crippen molar-refractivity contribution in [2.75, 3.05) is 0 Å². The quantitative estimate of drug-likeness (QED) is 0.100. The van der Waals surface area contributed by atoms with Crippen LogP contribution in [0.1, 0.15) is 22.5 Å². The molecule has 1 aliphatic heterocycles. The number of nitrogens with one attached hydrogen (secondary N) is 3. The first-order chi connectivity index (χ1) is 23.2. The van der Waals surface area contributed by atoms with Gasteiger partial charge in [0.15, 0.2) is 23.3 Å². The van der Waals surface area contributed by atoms with Gasteiger partial charge in [-0.25, -0.2) is 26.9 Å². The van der Waals surface area contributed by atoms with Gasteiger partial charge in [-0.1, -0.05) is 59.7 Å². The molecule has 236 valence electrons. The largest absolute Gasteiger partial charge is 0.354 e. The van der Waals surface area contributed by atoms with Crippen LogP contribution in [0.5, 0.6) is 0 Å². The van der Waals surface area contributed by atoms with Crippen molar-refractivity contribution in [2.45, 2.75) is 13.8 Å². The average molecular weight is 645 g/mol. The van der Waals surface area contributed by atoms with E-state index >= 15 is 8.78 Å². The summed E-state index contributed by atoms with van der Waals surface area (Å²) in [4.78, 5) is 14.9. The Morgan fingerprint density at radius 1 is 0.375 bits per heavy atom. The molecule has 4 aromatic heterocycles. The summed E-state index contributed by atoms with van der Waals surface area (Å²) in [5.74, 6) is -10.2. The van der Waals surface area contributed by atoms with Crippen molar-refractivity contribution >= 4 is 45.3 Å². The summed E-state index contributed by atoms with van der Waals surface area (Å²) in [7, 11) is 0. The van der Waals surface area contributed by atoms with Crippen molar-refractivity contribution in [3.63, 3.8) is 0 Å². The Balaban J connectivity index is 1.59.